The molecule has 16 heavy (non-hydrogen) atoms. The maximum atomic E-state index is 11.6. The Balaban J connectivity index is 2.57. The van der Waals surface area contributed by atoms with Crippen molar-refractivity contribution in [1.82, 2.24) is 10.3 Å². The summed E-state index contributed by atoms with van der Waals surface area (Å²) in [6.07, 6.45) is 1.60. The van der Waals surface area contributed by atoms with Crippen LogP contribution in [0, 0.1) is 0 Å². The molecule has 1 unspecified atom stereocenters. The Labute approximate surface area is 95.4 Å². The van der Waals surface area contributed by atoms with Crippen molar-refractivity contribution in [3.05, 3.63) is 18.3 Å². The zero-order valence-corrected chi connectivity index (χ0v) is 9.82. The van der Waals surface area contributed by atoms with Crippen LogP contribution < -0.4 is 16.4 Å². The van der Waals surface area contributed by atoms with Crippen molar-refractivity contribution >= 4 is 17.4 Å². The molecule has 0 saturated heterocycles. The van der Waals surface area contributed by atoms with Crippen molar-refractivity contribution in [2.24, 2.45) is 0 Å². The minimum atomic E-state index is -0.302. The van der Waals surface area contributed by atoms with Crippen molar-refractivity contribution in [3.63, 3.8) is 0 Å². The molecule has 5 heteroatoms. The van der Waals surface area contributed by atoms with Gasteiger partial charge in [-0.3, -0.25) is 4.79 Å². The van der Waals surface area contributed by atoms with Gasteiger partial charge in [0, 0.05) is 24.0 Å². The van der Waals surface area contributed by atoms with Crippen molar-refractivity contribution < 1.29 is 4.79 Å². The first kappa shape index (κ1) is 12.3. The molecular weight excluding hydrogens is 204 g/mol. The number of amides is 1. The van der Waals surface area contributed by atoms with Gasteiger partial charge in [0.15, 0.2) is 0 Å². The van der Waals surface area contributed by atoms with E-state index in [0.717, 1.165) is 5.69 Å². The van der Waals surface area contributed by atoms with Gasteiger partial charge in [-0.1, -0.05) is 0 Å². The number of rotatable bonds is 4. The summed E-state index contributed by atoms with van der Waals surface area (Å²) in [6.45, 7) is 5.65. The van der Waals surface area contributed by atoms with Crippen LogP contribution in [-0.4, -0.2) is 23.0 Å². The highest BCUT2D eigenvalue weighted by Gasteiger charge is 2.13. The second-order valence-corrected chi connectivity index (χ2v) is 4.00. The van der Waals surface area contributed by atoms with Crippen molar-refractivity contribution in [1.29, 1.82) is 0 Å². The van der Waals surface area contributed by atoms with Gasteiger partial charge >= 0.3 is 0 Å². The van der Waals surface area contributed by atoms with Crippen LogP contribution >= 0.6 is 0 Å². The average molecular weight is 222 g/mol. The Kier molecular flexibility index (Phi) is 4.10. The van der Waals surface area contributed by atoms with Gasteiger partial charge in [0.1, 0.15) is 11.9 Å². The van der Waals surface area contributed by atoms with E-state index in [1.165, 1.54) is 0 Å². The van der Waals surface area contributed by atoms with Gasteiger partial charge in [-0.05, 0) is 26.8 Å². The van der Waals surface area contributed by atoms with E-state index in [-0.39, 0.29) is 18.0 Å². The number of pyridine rings is 1. The summed E-state index contributed by atoms with van der Waals surface area (Å²) >= 11 is 0. The molecule has 1 rings (SSSR count). The smallest absolute Gasteiger partial charge is 0.242 e. The van der Waals surface area contributed by atoms with Gasteiger partial charge in [0.25, 0.3) is 0 Å². The monoisotopic (exact) mass is 222 g/mol. The average Bonchev–Trinajstić information content (AvgIpc) is 2.16. The molecule has 0 radical (unpaired) electrons. The predicted molar refractivity (Wildman–Crippen MR) is 65.0 cm³/mol. The van der Waals surface area contributed by atoms with E-state index in [0.29, 0.717) is 5.82 Å². The summed E-state index contributed by atoms with van der Waals surface area (Å²) in [5, 5.41) is 5.88. The third-order valence-corrected chi connectivity index (χ3v) is 1.99. The first-order chi connectivity index (χ1) is 7.49. The molecule has 4 N–H and O–H groups in total. The van der Waals surface area contributed by atoms with E-state index < -0.39 is 0 Å². The van der Waals surface area contributed by atoms with Crippen LogP contribution in [0.3, 0.4) is 0 Å². The maximum Gasteiger partial charge on any atom is 0.242 e. The summed E-state index contributed by atoms with van der Waals surface area (Å²) in [6, 6.07) is 3.30. The standard InChI is InChI=1S/C11H18N4O/c1-7(2)14-11(16)8(3)15-9-4-5-13-10(12)6-9/h4-8H,1-3H3,(H,14,16)(H3,12,13,15). The molecular formula is C11H18N4O. The SMILES string of the molecule is CC(C)NC(=O)C(C)Nc1ccnc(N)c1. The van der Waals surface area contributed by atoms with Crippen LogP contribution in [-0.2, 0) is 4.79 Å². The number of carbonyl (C=O) groups is 1. The second-order valence-electron chi connectivity index (χ2n) is 4.00. The van der Waals surface area contributed by atoms with E-state index in [4.69, 9.17) is 5.73 Å². The van der Waals surface area contributed by atoms with Crippen molar-refractivity contribution in [2.75, 3.05) is 11.1 Å². The lowest BCUT2D eigenvalue weighted by molar-refractivity contribution is -0.122. The van der Waals surface area contributed by atoms with Gasteiger partial charge in [-0.2, -0.15) is 0 Å². The molecule has 0 bridgehead atoms. The summed E-state index contributed by atoms with van der Waals surface area (Å²) in [7, 11) is 0. The number of carbonyl (C=O) groups excluding carboxylic acids is 1. The largest absolute Gasteiger partial charge is 0.384 e. The number of anilines is 2. The van der Waals surface area contributed by atoms with Crippen LogP contribution in [0.1, 0.15) is 20.8 Å². The number of nitrogens with zero attached hydrogens (tertiary/aromatic N) is 1. The van der Waals surface area contributed by atoms with Crippen molar-refractivity contribution in [2.45, 2.75) is 32.9 Å². The number of nitrogens with one attached hydrogen (secondary N) is 2. The molecule has 0 fully saturated rings. The molecule has 0 aromatic carbocycles. The van der Waals surface area contributed by atoms with E-state index in [9.17, 15) is 4.79 Å². The highest BCUT2D eigenvalue weighted by molar-refractivity contribution is 5.84. The van der Waals surface area contributed by atoms with E-state index in [1.54, 1.807) is 25.3 Å². The number of hydrogen-bond donors (Lipinski definition) is 3. The Morgan fingerprint density at radius 2 is 2.12 bits per heavy atom. The molecule has 0 aliphatic carbocycles. The van der Waals surface area contributed by atoms with Crippen LogP contribution in [0.5, 0.6) is 0 Å². The van der Waals surface area contributed by atoms with Gasteiger partial charge < -0.3 is 16.4 Å². The lowest BCUT2D eigenvalue weighted by atomic mass is 10.2. The normalized spacial score (nSPS) is 12.2. The molecule has 1 heterocycles. The maximum absolute atomic E-state index is 11.6. The molecule has 88 valence electrons. The minimum Gasteiger partial charge on any atom is -0.384 e. The number of aromatic nitrogens is 1. The van der Waals surface area contributed by atoms with E-state index in [1.807, 2.05) is 13.8 Å². The molecule has 1 aromatic rings. The van der Waals surface area contributed by atoms with Crippen LogP contribution in [0.15, 0.2) is 18.3 Å². The molecule has 0 aliphatic heterocycles. The molecule has 0 aliphatic rings. The Bertz CT molecular complexity index is 365. The highest BCUT2D eigenvalue weighted by Crippen LogP contribution is 2.10. The topological polar surface area (TPSA) is 80.0 Å². The Morgan fingerprint density at radius 1 is 1.44 bits per heavy atom. The van der Waals surface area contributed by atoms with Crippen molar-refractivity contribution in [3.8, 4) is 0 Å². The fourth-order valence-corrected chi connectivity index (χ4v) is 1.26. The van der Waals surface area contributed by atoms with E-state index >= 15 is 0 Å². The Hall–Kier alpha value is -1.78. The zero-order chi connectivity index (χ0) is 12.1. The third-order valence-electron chi connectivity index (χ3n) is 1.99. The Morgan fingerprint density at radius 3 is 2.69 bits per heavy atom. The summed E-state index contributed by atoms with van der Waals surface area (Å²) < 4.78 is 0. The predicted octanol–water partition coefficient (Wildman–Crippen LogP) is 0.989. The van der Waals surface area contributed by atoms with Crippen LogP contribution in [0.4, 0.5) is 11.5 Å². The van der Waals surface area contributed by atoms with Gasteiger partial charge in [-0.15, -0.1) is 0 Å². The highest BCUT2D eigenvalue weighted by atomic mass is 16.2. The van der Waals surface area contributed by atoms with E-state index in [2.05, 4.69) is 15.6 Å². The second kappa shape index (κ2) is 5.34. The molecule has 5 nitrogen and oxygen atoms in total. The fourth-order valence-electron chi connectivity index (χ4n) is 1.26. The third kappa shape index (κ3) is 3.76. The first-order valence-electron chi connectivity index (χ1n) is 5.27. The van der Waals surface area contributed by atoms with Crippen LogP contribution in [0.2, 0.25) is 0 Å². The summed E-state index contributed by atoms with van der Waals surface area (Å²) in [5.41, 5.74) is 6.33. The number of hydrogen-bond acceptors (Lipinski definition) is 4. The quantitative estimate of drug-likeness (QED) is 0.709. The first-order valence-corrected chi connectivity index (χ1v) is 5.27. The minimum absolute atomic E-state index is 0.0367. The van der Waals surface area contributed by atoms with Crippen LogP contribution in [0.25, 0.3) is 0 Å². The molecule has 1 aromatic heterocycles. The van der Waals surface area contributed by atoms with Gasteiger partial charge in [0.05, 0.1) is 0 Å². The fraction of sp³-hybridized carbons (Fsp3) is 0.455. The molecule has 0 saturated carbocycles. The number of nitrogen functional groups attached to an aromatic ring is 1. The van der Waals surface area contributed by atoms with Gasteiger partial charge in [-0.25, -0.2) is 4.98 Å². The zero-order valence-electron chi connectivity index (χ0n) is 9.82. The van der Waals surface area contributed by atoms with Gasteiger partial charge in [0.2, 0.25) is 5.91 Å². The molecule has 0 spiro atoms. The molecule has 1 atom stereocenters. The summed E-state index contributed by atoms with van der Waals surface area (Å²) in [5.74, 6) is 0.395. The summed E-state index contributed by atoms with van der Waals surface area (Å²) in [4.78, 5) is 15.5. The lowest BCUT2D eigenvalue weighted by Crippen LogP contribution is -2.40. The lowest BCUT2D eigenvalue weighted by Gasteiger charge is -2.17. The molecule has 1 amide bonds. The number of nitrogens with two attached hydrogens (primary N) is 1.